The van der Waals surface area contributed by atoms with E-state index >= 15 is 0 Å². The molecule has 0 bridgehead atoms. The van der Waals surface area contributed by atoms with Gasteiger partial charge in [0.2, 0.25) is 0 Å². The van der Waals surface area contributed by atoms with Gasteiger partial charge in [-0.15, -0.1) is 21.5 Å². The van der Waals surface area contributed by atoms with Crippen molar-refractivity contribution in [3.05, 3.63) is 70.4 Å². The topological polar surface area (TPSA) is 94.8 Å². The molecule has 0 aliphatic heterocycles. The highest BCUT2D eigenvalue weighted by Gasteiger charge is 2.31. The van der Waals surface area contributed by atoms with Crippen molar-refractivity contribution >= 4 is 29.0 Å². The smallest absolute Gasteiger partial charge is 0.385 e. The van der Waals surface area contributed by atoms with Crippen LogP contribution in [0.4, 0.5) is 13.2 Å². The molecule has 3 aromatic heterocycles. The summed E-state index contributed by atoms with van der Waals surface area (Å²) in [7, 11) is 1.60. The number of alkyl halides is 3. The van der Waals surface area contributed by atoms with Crippen molar-refractivity contribution < 1.29 is 22.7 Å². The Labute approximate surface area is 213 Å². The van der Waals surface area contributed by atoms with E-state index < -0.39 is 11.7 Å². The molecular formula is C23H21F3N6O2S2. The van der Waals surface area contributed by atoms with Crippen LogP contribution in [0.15, 0.2) is 59.3 Å². The predicted octanol–water partition coefficient (Wildman–Crippen LogP) is 4.86. The molecule has 0 fully saturated rings. The number of amides is 1. The van der Waals surface area contributed by atoms with E-state index in [1.165, 1.54) is 29.2 Å². The van der Waals surface area contributed by atoms with Crippen molar-refractivity contribution in [2.24, 2.45) is 0 Å². The zero-order valence-electron chi connectivity index (χ0n) is 19.0. The van der Waals surface area contributed by atoms with Crippen molar-refractivity contribution in [2.75, 3.05) is 20.3 Å². The number of halogens is 3. The van der Waals surface area contributed by atoms with Gasteiger partial charge in [-0.05, 0) is 36.8 Å². The molecule has 4 rings (SSSR count). The van der Waals surface area contributed by atoms with Gasteiger partial charge in [0.05, 0.1) is 17.0 Å². The van der Waals surface area contributed by atoms with Gasteiger partial charge in [0.25, 0.3) is 5.91 Å². The van der Waals surface area contributed by atoms with E-state index in [1.807, 2.05) is 0 Å². The first-order chi connectivity index (χ1) is 17.4. The number of carbonyl (C=O) groups excluding carboxylic acids is 1. The molecule has 0 aliphatic rings. The zero-order chi connectivity index (χ0) is 25.5. The normalized spacial score (nSPS) is 11.6. The number of hydrogen-bond acceptors (Lipinski definition) is 8. The van der Waals surface area contributed by atoms with E-state index in [1.54, 1.807) is 47.6 Å². The lowest BCUT2D eigenvalue weighted by Gasteiger charge is -2.13. The zero-order valence-corrected chi connectivity index (χ0v) is 20.7. The van der Waals surface area contributed by atoms with Crippen LogP contribution in [-0.2, 0) is 16.7 Å². The van der Waals surface area contributed by atoms with E-state index in [0.717, 1.165) is 12.1 Å². The molecule has 1 amide bonds. The Kier molecular flexibility index (Phi) is 8.33. The van der Waals surface area contributed by atoms with Crippen LogP contribution in [-0.4, -0.2) is 50.9 Å². The molecule has 0 radical (unpaired) electrons. The van der Waals surface area contributed by atoms with Gasteiger partial charge in [-0.25, -0.2) is 4.98 Å². The highest BCUT2D eigenvalue weighted by atomic mass is 32.2. The number of carbonyl (C=O) groups is 1. The number of benzene rings is 1. The molecule has 0 atom stereocenters. The lowest BCUT2D eigenvalue weighted by atomic mass is 10.2. The van der Waals surface area contributed by atoms with Gasteiger partial charge in [0, 0.05) is 43.6 Å². The Morgan fingerprint density at radius 3 is 2.75 bits per heavy atom. The number of nitrogens with one attached hydrogen (secondary N) is 1. The van der Waals surface area contributed by atoms with Gasteiger partial charge in [0.15, 0.2) is 11.0 Å². The number of nitrogens with zero attached hydrogens (tertiary/aromatic N) is 5. The van der Waals surface area contributed by atoms with Crippen LogP contribution in [0.2, 0.25) is 0 Å². The van der Waals surface area contributed by atoms with Crippen LogP contribution in [0.5, 0.6) is 0 Å². The van der Waals surface area contributed by atoms with Gasteiger partial charge in [0.1, 0.15) is 10.7 Å². The van der Waals surface area contributed by atoms with Crippen LogP contribution in [0.25, 0.3) is 17.1 Å². The Morgan fingerprint density at radius 2 is 2.00 bits per heavy atom. The molecule has 1 N–H and O–H groups in total. The number of rotatable bonds is 10. The van der Waals surface area contributed by atoms with E-state index in [9.17, 15) is 18.0 Å². The first-order valence-corrected chi connectivity index (χ1v) is 12.6. The summed E-state index contributed by atoms with van der Waals surface area (Å²) >= 11 is 2.59. The maximum Gasteiger partial charge on any atom is 0.416 e. The first kappa shape index (κ1) is 25.8. The third-order valence-corrected chi connectivity index (χ3v) is 6.90. The second-order valence-electron chi connectivity index (χ2n) is 7.44. The fourth-order valence-electron chi connectivity index (χ4n) is 3.22. The van der Waals surface area contributed by atoms with Crippen LogP contribution in [0, 0.1) is 0 Å². The van der Waals surface area contributed by atoms with Gasteiger partial charge < -0.3 is 10.1 Å². The molecule has 4 aromatic rings. The molecule has 1 aromatic carbocycles. The van der Waals surface area contributed by atoms with Crippen LogP contribution in [0.3, 0.4) is 0 Å². The molecule has 8 nitrogen and oxygen atoms in total. The van der Waals surface area contributed by atoms with E-state index in [-0.39, 0.29) is 11.6 Å². The molecule has 0 unspecified atom stereocenters. The number of pyridine rings is 1. The average molecular weight is 535 g/mol. The van der Waals surface area contributed by atoms with Crippen molar-refractivity contribution in [3.8, 4) is 17.1 Å². The molecule has 36 heavy (non-hydrogen) atoms. The maximum absolute atomic E-state index is 13.4. The Balaban J connectivity index is 1.57. The SMILES string of the molecule is COCCCNC(=O)c1csc(CSc2nnc(-c3ccncc3)n2-c2cccc(C(F)(F)F)c2)n1. The minimum absolute atomic E-state index is 0.272. The summed E-state index contributed by atoms with van der Waals surface area (Å²) in [6.45, 7) is 1.03. The van der Waals surface area contributed by atoms with Gasteiger partial charge in [-0.3, -0.25) is 14.3 Å². The van der Waals surface area contributed by atoms with Gasteiger partial charge in [-0.2, -0.15) is 13.2 Å². The lowest BCUT2D eigenvalue weighted by Crippen LogP contribution is -2.25. The molecule has 0 spiro atoms. The first-order valence-electron chi connectivity index (χ1n) is 10.7. The summed E-state index contributed by atoms with van der Waals surface area (Å²) < 4.78 is 46.7. The van der Waals surface area contributed by atoms with Crippen LogP contribution >= 0.6 is 23.1 Å². The van der Waals surface area contributed by atoms with E-state index in [0.29, 0.717) is 52.6 Å². The fourth-order valence-corrected chi connectivity index (χ4v) is 4.97. The highest BCUT2D eigenvalue weighted by molar-refractivity contribution is 7.98. The third kappa shape index (κ3) is 6.28. The molecule has 3 heterocycles. The highest BCUT2D eigenvalue weighted by Crippen LogP contribution is 2.34. The number of thioether (sulfide) groups is 1. The van der Waals surface area contributed by atoms with Gasteiger partial charge >= 0.3 is 6.18 Å². The lowest BCUT2D eigenvalue weighted by molar-refractivity contribution is -0.137. The van der Waals surface area contributed by atoms with Crippen LogP contribution < -0.4 is 5.32 Å². The largest absolute Gasteiger partial charge is 0.416 e. The minimum atomic E-state index is -4.49. The van der Waals surface area contributed by atoms with Crippen molar-refractivity contribution in [2.45, 2.75) is 23.5 Å². The van der Waals surface area contributed by atoms with Crippen molar-refractivity contribution in [3.63, 3.8) is 0 Å². The second kappa shape index (κ2) is 11.6. The second-order valence-corrected chi connectivity index (χ2v) is 9.33. The third-order valence-electron chi connectivity index (χ3n) is 4.92. The predicted molar refractivity (Wildman–Crippen MR) is 130 cm³/mol. The fraction of sp³-hybridized carbons (Fsp3) is 0.261. The molecule has 0 saturated carbocycles. The maximum atomic E-state index is 13.4. The quantitative estimate of drug-likeness (QED) is 0.229. The summed E-state index contributed by atoms with van der Waals surface area (Å²) in [5.74, 6) is 0.468. The van der Waals surface area contributed by atoms with E-state index in [4.69, 9.17) is 4.74 Å². The molecular weight excluding hydrogens is 513 g/mol. The van der Waals surface area contributed by atoms with Crippen molar-refractivity contribution in [1.29, 1.82) is 0 Å². The molecule has 188 valence electrons. The summed E-state index contributed by atoms with van der Waals surface area (Å²) in [5.41, 5.74) is 0.471. The van der Waals surface area contributed by atoms with E-state index in [2.05, 4.69) is 25.5 Å². The minimum Gasteiger partial charge on any atom is -0.385 e. The number of ether oxygens (including phenoxy) is 1. The summed E-state index contributed by atoms with van der Waals surface area (Å²) in [4.78, 5) is 20.6. The number of methoxy groups -OCH3 is 1. The van der Waals surface area contributed by atoms with Crippen molar-refractivity contribution in [1.82, 2.24) is 30.0 Å². The summed E-state index contributed by atoms with van der Waals surface area (Å²) in [5, 5.41) is 14.0. The van der Waals surface area contributed by atoms with Gasteiger partial charge in [-0.1, -0.05) is 17.8 Å². The molecule has 13 heteroatoms. The number of thiazole rings is 1. The standard InChI is InChI=1S/C23H21F3N6O2S2/c1-34-11-3-8-28-21(33)18-13-35-19(29-18)14-36-22-31-30-20(15-6-9-27-10-7-15)32(22)17-5-2-4-16(12-17)23(24,25)26/h2,4-7,9-10,12-13H,3,8,11,14H2,1H3,(H,28,33). The summed E-state index contributed by atoms with van der Waals surface area (Å²) in [6, 6.07) is 8.42. The average Bonchev–Trinajstić information content (AvgIpc) is 3.53. The number of aromatic nitrogens is 5. The molecule has 0 saturated heterocycles. The monoisotopic (exact) mass is 534 g/mol. The Bertz CT molecular complexity index is 1310. The Hall–Kier alpha value is -3.29. The molecule has 0 aliphatic carbocycles. The van der Waals surface area contributed by atoms with Crippen LogP contribution in [0.1, 0.15) is 27.5 Å². The Morgan fingerprint density at radius 1 is 1.19 bits per heavy atom. The summed E-state index contributed by atoms with van der Waals surface area (Å²) in [6.07, 6.45) is -0.648. The number of hydrogen-bond donors (Lipinski definition) is 1.